The van der Waals surface area contributed by atoms with E-state index in [-0.39, 0.29) is 0 Å². The van der Waals surface area contributed by atoms with E-state index in [0.29, 0.717) is 5.92 Å². The van der Waals surface area contributed by atoms with Crippen molar-refractivity contribution in [1.82, 2.24) is 0 Å². The van der Waals surface area contributed by atoms with Crippen molar-refractivity contribution in [2.45, 2.75) is 33.6 Å². The molecule has 0 aliphatic carbocycles. The predicted octanol–water partition coefficient (Wildman–Crippen LogP) is 4.59. The summed E-state index contributed by atoms with van der Waals surface area (Å²) in [5.41, 5.74) is 3.89. The third-order valence-corrected chi connectivity index (χ3v) is 3.30. The normalized spacial score (nSPS) is 11.2. The lowest BCUT2D eigenvalue weighted by Crippen LogP contribution is -1.97. The summed E-state index contributed by atoms with van der Waals surface area (Å²) in [5.74, 6) is 1.51. The molecular formula is C16H20O. The van der Waals surface area contributed by atoms with Crippen LogP contribution in [0.1, 0.15) is 36.5 Å². The molecule has 0 aromatic heterocycles. The standard InChI is InChI=1S/C16H20O/c1-10(2)14-9-12(4)13-7-6-11(3)8-15(13)16(14)17-5/h6-10H,1-5H3. The molecule has 90 valence electrons. The van der Waals surface area contributed by atoms with Crippen molar-refractivity contribution in [3.05, 3.63) is 41.0 Å². The van der Waals surface area contributed by atoms with Gasteiger partial charge in [-0.1, -0.05) is 37.6 Å². The third-order valence-electron chi connectivity index (χ3n) is 3.30. The minimum absolute atomic E-state index is 0.480. The van der Waals surface area contributed by atoms with Crippen LogP contribution in [0.2, 0.25) is 0 Å². The summed E-state index contributed by atoms with van der Waals surface area (Å²) in [6, 6.07) is 8.81. The highest BCUT2D eigenvalue weighted by Gasteiger charge is 2.13. The molecule has 0 fully saturated rings. The van der Waals surface area contributed by atoms with Gasteiger partial charge in [0.25, 0.3) is 0 Å². The number of ether oxygens (including phenoxy) is 1. The van der Waals surface area contributed by atoms with Crippen molar-refractivity contribution in [3.8, 4) is 5.75 Å². The molecule has 0 bridgehead atoms. The van der Waals surface area contributed by atoms with E-state index in [2.05, 4.69) is 52.0 Å². The van der Waals surface area contributed by atoms with Gasteiger partial charge in [0.05, 0.1) is 7.11 Å². The van der Waals surface area contributed by atoms with Crippen LogP contribution in [0.15, 0.2) is 24.3 Å². The van der Waals surface area contributed by atoms with Crippen LogP contribution < -0.4 is 4.74 Å². The molecule has 0 saturated carbocycles. The second kappa shape index (κ2) is 4.40. The van der Waals surface area contributed by atoms with Crippen molar-refractivity contribution in [2.24, 2.45) is 0 Å². The van der Waals surface area contributed by atoms with E-state index in [1.807, 2.05) is 0 Å². The van der Waals surface area contributed by atoms with Crippen molar-refractivity contribution in [2.75, 3.05) is 7.11 Å². The van der Waals surface area contributed by atoms with Gasteiger partial charge in [0.15, 0.2) is 0 Å². The van der Waals surface area contributed by atoms with Crippen molar-refractivity contribution >= 4 is 10.8 Å². The number of rotatable bonds is 2. The topological polar surface area (TPSA) is 9.23 Å². The minimum Gasteiger partial charge on any atom is -0.496 e. The first kappa shape index (κ1) is 12.0. The molecular weight excluding hydrogens is 208 g/mol. The van der Waals surface area contributed by atoms with Crippen LogP contribution in [-0.2, 0) is 0 Å². The minimum atomic E-state index is 0.480. The highest BCUT2D eigenvalue weighted by molar-refractivity contribution is 5.93. The van der Waals surface area contributed by atoms with Gasteiger partial charge in [-0.15, -0.1) is 0 Å². The van der Waals surface area contributed by atoms with E-state index >= 15 is 0 Å². The summed E-state index contributed by atoms with van der Waals surface area (Å²) in [5, 5.41) is 2.52. The van der Waals surface area contributed by atoms with Gasteiger partial charge in [-0.3, -0.25) is 0 Å². The molecule has 2 aromatic carbocycles. The Morgan fingerprint density at radius 1 is 1.00 bits per heavy atom. The molecule has 2 rings (SSSR count). The summed E-state index contributed by atoms with van der Waals surface area (Å²) in [7, 11) is 1.76. The maximum atomic E-state index is 5.63. The molecule has 0 amide bonds. The third kappa shape index (κ3) is 2.02. The Labute approximate surface area is 103 Å². The van der Waals surface area contributed by atoms with E-state index in [1.54, 1.807) is 7.11 Å². The highest BCUT2D eigenvalue weighted by atomic mass is 16.5. The summed E-state index contributed by atoms with van der Waals surface area (Å²) in [4.78, 5) is 0. The van der Waals surface area contributed by atoms with Gasteiger partial charge in [0, 0.05) is 5.39 Å². The van der Waals surface area contributed by atoms with Gasteiger partial charge in [0.1, 0.15) is 5.75 Å². The molecule has 0 N–H and O–H groups in total. The Morgan fingerprint density at radius 3 is 2.29 bits per heavy atom. The van der Waals surface area contributed by atoms with Crippen LogP contribution in [0, 0.1) is 13.8 Å². The molecule has 1 heteroatoms. The molecule has 0 atom stereocenters. The summed E-state index contributed by atoms with van der Waals surface area (Å²) in [6.07, 6.45) is 0. The van der Waals surface area contributed by atoms with Crippen LogP contribution >= 0.6 is 0 Å². The maximum absolute atomic E-state index is 5.63. The summed E-state index contributed by atoms with van der Waals surface area (Å²) >= 11 is 0. The van der Waals surface area contributed by atoms with Crippen LogP contribution in [0.25, 0.3) is 10.8 Å². The Morgan fingerprint density at radius 2 is 1.71 bits per heavy atom. The average Bonchev–Trinajstić information content (AvgIpc) is 2.28. The lowest BCUT2D eigenvalue weighted by molar-refractivity contribution is 0.412. The zero-order valence-corrected chi connectivity index (χ0v) is 11.3. The second-order valence-corrected chi connectivity index (χ2v) is 5.02. The van der Waals surface area contributed by atoms with E-state index in [9.17, 15) is 0 Å². The first-order valence-electron chi connectivity index (χ1n) is 6.12. The van der Waals surface area contributed by atoms with Crippen LogP contribution in [0.5, 0.6) is 5.75 Å². The number of hydrogen-bond acceptors (Lipinski definition) is 1. The molecule has 17 heavy (non-hydrogen) atoms. The van der Waals surface area contributed by atoms with Crippen molar-refractivity contribution in [3.63, 3.8) is 0 Å². The smallest absolute Gasteiger partial charge is 0.130 e. The fraction of sp³-hybridized carbons (Fsp3) is 0.375. The Hall–Kier alpha value is -1.50. The van der Waals surface area contributed by atoms with Crippen LogP contribution in [0.3, 0.4) is 0 Å². The number of hydrogen-bond donors (Lipinski definition) is 0. The zero-order valence-electron chi connectivity index (χ0n) is 11.3. The monoisotopic (exact) mass is 228 g/mol. The molecule has 1 nitrogen and oxygen atoms in total. The summed E-state index contributed by atoms with van der Waals surface area (Å²) in [6.45, 7) is 8.71. The van der Waals surface area contributed by atoms with Crippen molar-refractivity contribution < 1.29 is 4.74 Å². The molecule has 2 aromatic rings. The van der Waals surface area contributed by atoms with E-state index in [1.165, 1.54) is 27.5 Å². The molecule has 0 aliphatic rings. The lowest BCUT2D eigenvalue weighted by atomic mass is 9.93. The first-order valence-corrected chi connectivity index (χ1v) is 6.12. The van der Waals surface area contributed by atoms with Gasteiger partial charge in [-0.25, -0.2) is 0 Å². The Kier molecular flexibility index (Phi) is 3.10. The fourth-order valence-electron chi connectivity index (χ4n) is 2.38. The largest absolute Gasteiger partial charge is 0.496 e. The number of methoxy groups -OCH3 is 1. The fourth-order valence-corrected chi connectivity index (χ4v) is 2.38. The Balaban J connectivity index is 2.87. The van der Waals surface area contributed by atoms with Gasteiger partial charge < -0.3 is 4.74 Å². The number of fused-ring (bicyclic) bond motifs is 1. The van der Waals surface area contributed by atoms with Crippen molar-refractivity contribution in [1.29, 1.82) is 0 Å². The first-order chi connectivity index (χ1) is 8.04. The number of aryl methyl sites for hydroxylation is 2. The molecule has 0 saturated heterocycles. The predicted molar refractivity (Wildman–Crippen MR) is 74.1 cm³/mol. The molecule has 0 heterocycles. The molecule has 0 unspecified atom stereocenters. The molecule has 0 spiro atoms. The van der Waals surface area contributed by atoms with E-state index in [0.717, 1.165) is 5.75 Å². The molecule has 0 aliphatic heterocycles. The van der Waals surface area contributed by atoms with E-state index < -0.39 is 0 Å². The van der Waals surface area contributed by atoms with Crippen LogP contribution in [-0.4, -0.2) is 7.11 Å². The average molecular weight is 228 g/mol. The summed E-state index contributed by atoms with van der Waals surface area (Å²) < 4.78 is 5.63. The quantitative estimate of drug-likeness (QED) is 0.730. The van der Waals surface area contributed by atoms with Crippen LogP contribution in [0.4, 0.5) is 0 Å². The highest BCUT2D eigenvalue weighted by Crippen LogP contribution is 2.36. The van der Waals surface area contributed by atoms with E-state index in [4.69, 9.17) is 4.74 Å². The SMILES string of the molecule is COc1c(C(C)C)cc(C)c2ccc(C)cc12. The Bertz CT molecular complexity index is 553. The zero-order chi connectivity index (χ0) is 12.6. The maximum Gasteiger partial charge on any atom is 0.130 e. The lowest BCUT2D eigenvalue weighted by Gasteiger charge is -2.17. The molecule has 0 radical (unpaired) electrons. The van der Waals surface area contributed by atoms with Gasteiger partial charge in [-0.05, 0) is 42.3 Å². The van der Waals surface area contributed by atoms with Gasteiger partial charge in [-0.2, -0.15) is 0 Å². The number of benzene rings is 2. The van der Waals surface area contributed by atoms with Gasteiger partial charge in [0.2, 0.25) is 0 Å². The second-order valence-electron chi connectivity index (χ2n) is 5.02. The van der Waals surface area contributed by atoms with Gasteiger partial charge >= 0.3 is 0 Å².